The highest BCUT2D eigenvalue weighted by atomic mass is 14.8. The average Bonchev–Trinajstić information content (AvgIpc) is 2.76. The summed E-state index contributed by atoms with van der Waals surface area (Å²) in [5.41, 5.74) is 10.6. The number of nitrogens with zero attached hydrogens (tertiary/aromatic N) is 3. The number of pyridine rings is 1. The molecule has 0 saturated carbocycles. The molecule has 30 heavy (non-hydrogen) atoms. The van der Waals surface area contributed by atoms with Crippen LogP contribution in [-0.4, -0.2) is 16.4 Å². The van der Waals surface area contributed by atoms with Crippen LogP contribution >= 0.6 is 0 Å². The average molecular weight is 398 g/mol. The summed E-state index contributed by atoms with van der Waals surface area (Å²) in [5, 5.41) is 0. The Kier molecular flexibility index (Phi) is 6.94. The summed E-state index contributed by atoms with van der Waals surface area (Å²) in [5.74, 6) is 0. The molecule has 0 radical (unpaired) electrons. The van der Waals surface area contributed by atoms with Gasteiger partial charge in [-0.05, 0) is 87.1 Å². The van der Waals surface area contributed by atoms with Crippen molar-refractivity contribution >= 4 is 22.8 Å². The third-order valence-corrected chi connectivity index (χ3v) is 5.41. The van der Waals surface area contributed by atoms with Crippen molar-refractivity contribution in [2.45, 2.75) is 54.4 Å². The van der Waals surface area contributed by atoms with Crippen LogP contribution in [-0.2, 0) is 12.8 Å². The quantitative estimate of drug-likeness (QED) is 0.409. The molecular weight excluding hydrogens is 366 g/mol. The van der Waals surface area contributed by atoms with Crippen LogP contribution in [0.4, 0.5) is 11.4 Å². The van der Waals surface area contributed by atoms with Gasteiger partial charge in [0.1, 0.15) is 0 Å². The molecule has 0 amide bonds. The van der Waals surface area contributed by atoms with Gasteiger partial charge in [0.15, 0.2) is 0 Å². The summed E-state index contributed by atoms with van der Waals surface area (Å²) in [6, 6.07) is 18.9. The first-order chi connectivity index (χ1) is 14.4. The Morgan fingerprint density at radius 3 is 1.50 bits per heavy atom. The SMILES string of the molecule is CCc1ccc(N=C(C)c2cccc(C(C)=Nc3ccc(CC)cc3C)n2)c(C)c1. The molecule has 0 saturated heterocycles. The third-order valence-electron chi connectivity index (χ3n) is 5.41. The first-order valence-corrected chi connectivity index (χ1v) is 10.7. The molecular formula is C27H31N3. The number of aromatic nitrogens is 1. The van der Waals surface area contributed by atoms with Crippen LogP contribution in [0.3, 0.4) is 0 Å². The molecule has 3 nitrogen and oxygen atoms in total. The maximum Gasteiger partial charge on any atom is 0.0849 e. The molecule has 1 heterocycles. The lowest BCUT2D eigenvalue weighted by Gasteiger charge is -2.08. The van der Waals surface area contributed by atoms with E-state index < -0.39 is 0 Å². The van der Waals surface area contributed by atoms with Gasteiger partial charge in [-0.1, -0.05) is 44.2 Å². The van der Waals surface area contributed by atoms with E-state index >= 15 is 0 Å². The van der Waals surface area contributed by atoms with Crippen LogP contribution in [0, 0.1) is 13.8 Å². The molecule has 2 aromatic carbocycles. The van der Waals surface area contributed by atoms with Crippen molar-refractivity contribution < 1.29 is 0 Å². The van der Waals surface area contributed by atoms with Gasteiger partial charge in [-0.3, -0.25) is 9.98 Å². The molecule has 0 aliphatic rings. The highest BCUT2D eigenvalue weighted by molar-refractivity contribution is 6.02. The Labute approximate surface area is 180 Å². The maximum atomic E-state index is 4.84. The van der Waals surface area contributed by atoms with E-state index in [0.29, 0.717) is 0 Å². The second-order valence-electron chi connectivity index (χ2n) is 7.75. The molecule has 0 bridgehead atoms. The molecule has 0 atom stereocenters. The summed E-state index contributed by atoms with van der Waals surface area (Å²) in [6.07, 6.45) is 2.07. The minimum Gasteiger partial charge on any atom is -0.251 e. The summed E-state index contributed by atoms with van der Waals surface area (Å²) >= 11 is 0. The number of hydrogen-bond donors (Lipinski definition) is 0. The van der Waals surface area contributed by atoms with E-state index in [1.54, 1.807) is 0 Å². The summed E-state index contributed by atoms with van der Waals surface area (Å²) < 4.78 is 0. The van der Waals surface area contributed by atoms with Crippen molar-refractivity contribution in [2.24, 2.45) is 9.98 Å². The molecule has 0 aliphatic carbocycles. The first kappa shape index (κ1) is 21.6. The predicted molar refractivity (Wildman–Crippen MR) is 129 cm³/mol. The van der Waals surface area contributed by atoms with Gasteiger partial charge in [0.05, 0.1) is 34.2 Å². The van der Waals surface area contributed by atoms with Crippen molar-refractivity contribution in [1.29, 1.82) is 0 Å². The van der Waals surface area contributed by atoms with E-state index in [4.69, 9.17) is 15.0 Å². The third kappa shape index (κ3) is 5.10. The Balaban J connectivity index is 1.90. The van der Waals surface area contributed by atoms with Gasteiger partial charge in [-0.2, -0.15) is 0 Å². The lowest BCUT2D eigenvalue weighted by atomic mass is 10.1. The van der Waals surface area contributed by atoms with E-state index in [0.717, 1.165) is 47.0 Å². The lowest BCUT2D eigenvalue weighted by Crippen LogP contribution is -2.05. The van der Waals surface area contributed by atoms with Gasteiger partial charge in [-0.15, -0.1) is 0 Å². The maximum absolute atomic E-state index is 4.84. The summed E-state index contributed by atoms with van der Waals surface area (Å²) in [4.78, 5) is 14.5. The summed E-state index contributed by atoms with van der Waals surface area (Å²) in [7, 11) is 0. The molecule has 3 rings (SSSR count). The van der Waals surface area contributed by atoms with Crippen molar-refractivity contribution in [3.05, 3.63) is 88.2 Å². The van der Waals surface area contributed by atoms with E-state index in [2.05, 4.69) is 64.1 Å². The van der Waals surface area contributed by atoms with Gasteiger partial charge in [0, 0.05) is 0 Å². The number of benzene rings is 2. The fraction of sp³-hybridized carbons (Fsp3) is 0.296. The van der Waals surface area contributed by atoms with Gasteiger partial charge < -0.3 is 0 Å². The minimum absolute atomic E-state index is 0.874. The minimum atomic E-state index is 0.874. The van der Waals surface area contributed by atoms with Crippen molar-refractivity contribution in [1.82, 2.24) is 4.98 Å². The van der Waals surface area contributed by atoms with Crippen LogP contribution in [0.25, 0.3) is 0 Å². The zero-order valence-corrected chi connectivity index (χ0v) is 19.0. The molecule has 154 valence electrons. The number of aliphatic imine (C=N–C) groups is 2. The molecule has 0 fully saturated rings. The van der Waals surface area contributed by atoms with Crippen molar-refractivity contribution in [3.63, 3.8) is 0 Å². The van der Waals surface area contributed by atoms with Crippen molar-refractivity contribution in [2.75, 3.05) is 0 Å². The number of rotatable bonds is 6. The summed E-state index contributed by atoms with van der Waals surface area (Å²) in [6.45, 7) is 12.6. The topological polar surface area (TPSA) is 37.6 Å². The van der Waals surface area contributed by atoms with Gasteiger partial charge in [0.2, 0.25) is 0 Å². The highest BCUT2D eigenvalue weighted by Crippen LogP contribution is 2.23. The molecule has 1 aromatic heterocycles. The largest absolute Gasteiger partial charge is 0.251 e. The highest BCUT2D eigenvalue weighted by Gasteiger charge is 2.07. The van der Waals surface area contributed by atoms with Crippen LogP contribution < -0.4 is 0 Å². The number of aryl methyl sites for hydroxylation is 4. The predicted octanol–water partition coefficient (Wildman–Crippen LogP) is 7.10. The normalized spacial score (nSPS) is 12.3. The molecule has 3 heteroatoms. The van der Waals surface area contributed by atoms with Crippen molar-refractivity contribution in [3.8, 4) is 0 Å². The van der Waals surface area contributed by atoms with Gasteiger partial charge in [-0.25, -0.2) is 4.98 Å². The zero-order chi connectivity index (χ0) is 21.7. The fourth-order valence-electron chi connectivity index (χ4n) is 3.44. The Hall–Kier alpha value is -3.07. The zero-order valence-electron chi connectivity index (χ0n) is 19.0. The molecule has 3 aromatic rings. The Morgan fingerprint density at radius 2 is 1.13 bits per heavy atom. The monoisotopic (exact) mass is 397 g/mol. The molecule has 0 spiro atoms. The fourth-order valence-corrected chi connectivity index (χ4v) is 3.44. The lowest BCUT2D eigenvalue weighted by molar-refractivity contribution is 1.13. The van der Waals surface area contributed by atoms with E-state index in [1.807, 2.05) is 32.0 Å². The molecule has 0 unspecified atom stereocenters. The van der Waals surface area contributed by atoms with Gasteiger partial charge in [0.25, 0.3) is 0 Å². The first-order valence-electron chi connectivity index (χ1n) is 10.7. The molecule has 0 N–H and O–H groups in total. The second-order valence-corrected chi connectivity index (χ2v) is 7.75. The Morgan fingerprint density at radius 1 is 0.700 bits per heavy atom. The van der Waals surface area contributed by atoms with Crippen LogP contribution in [0.15, 0.2) is 64.6 Å². The smallest absolute Gasteiger partial charge is 0.0849 e. The van der Waals surface area contributed by atoms with E-state index in [1.165, 1.54) is 22.3 Å². The van der Waals surface area contributed by atoms with Gasteiger partial charge >= 0.3 is 0 Å². The van der Waals surface area contributed by atoms with Crippen LogP contribution in [0.2, 0.25) is 0 Å². The van der Waals surface area contributed by atoms with E-state index in [9.17, 15) is 0 Å². The second kappa shape index (κ2) is 9.62. The van der Waals surface area contributed by atoms with E-state index in [-0.39, 0.29) is 0 Å². The number of hydrogen-bond acceptors (Lipinski definition) is 3. The Bertz CT molecular complexity index is 1020. The molecule has 0 aliphatic heterocycles. The van der Waals surface area contributed by atoms with Crippen LogP contribution in [0.5, 0.6) is 0 Å². The van der Waals surface area contributed by atoms with Crippen LogP contribution in [0.1, 0.15) is 61.3 Å². The standard InChI is InChI=1S/C27H31N3/c1-7-22-12-14-24(18(3)16-22)28-20(5)26-10-9-11-27(30-26)21(6)29-25-15-13-23(8-2)17-19(25)4/h9-17H,7-8H2,1-6H3.